The zero-order valence-electron chi connectivity index (χ0n) is 19.2. The van der Waals surface area contributed by atoms with Gasteiger partial charge in [-0.25, -0.2) is 14.5 Å². The number of carbonyl (C=O) groups is 3. The Bertz CT molecular complexity index is 1210. The first-order valence-corrected chi connectivity index (χ1v) is 10.1. The number of rotatable bonds is 4. The number of ether oxygens (including phenoxy) is 1. The molecule has 0 unspecified atom stereocenters. The maximum absolute atomic E-state index is 13.2. The van der Waals surface area contributed by atoms with Gasteiger partial charge in [-0.2, -0.15) is 26.3 Å². The van der Waals surface area contributed by atoms with E-state index in [1.807, 2.05) is 0 Å². The molecule has 1 saturated heterocycles. The monoisotopic (exact) mass is 519 g/mol. The second-order valence-corrected chi connectivity index (χ2v) is 8.68. The molecule has 1 fully saturated rings. The van der Waals surface area contributed by atoms with E-state index in [0.717, 1.165) is 29.2 Å². The van der Waals surface area contributed by atoms with Crippen LogP contribution in [0.15, 0.2) is 30.2 Å². The fourth-order valence-corrected chi connectivity index (χ4v) is 3.12. The van der Waals surface area contributed by atoms with Crippen molar-refractivity contribution in [2.75, 3.05) is 13.6 Å². The van der Waals surface area contributed by atoms with Crippen molar-refractivity contribution in [2.24, 2.45) is 0 Å². The van der Waals surface area contributed by atoms with E-state index in [0.29, 0.717) is 17.0 Å². The molecule has 194 valence electrons. The van der Waals surface area contributed by atoms with Crippen molar-refractivity contribution in [2.45, 2.75) is 38.7 Å². The summed E-state index contributed by atoms with van der Waals surface area (Å²) in [6.07, 6.45) is -8.26. The molecule has 36 heavy (non-hydrogen) atoms. The summed E-state index contributed by atoms with van der Waals surface area (Å²) < 4.78 is 84.9. The van der Waals surface area contributed by atoms with Crippen LogP contribution in [0.25, 0.3) is 17.6 Å². The van der Waals surface area contributed by atoms with E-state index in [4.69, 9.17) is 4.74 Å². The van der Waals surface area contributed by atoms with Crippen molar-refractivity contribution in [3.05, 3.63) is 41.4 Å². The van der Waals surface area contributed by atoms with Gasteiger partial charge in [0.1, 0.15) is 24.2 Å². The van der Waals surface area contributed by atoms with Crippen LogP contribution < -0.4 is 0 Å². The average molecular weight is 519 g/mol. The molecule has 0 radical (unpaired) electrons. The lowest BCUT2D eigenvalue weighted by molar-refractivity contribution is -0.155. The van der Waals surface area contributed by atoms with Gasteiger partial charge in [-0.3, -0.25) is 19.4 Å². The number of likely N-dealkylation sites (N-methyl/N-ethyl adjacent to an activating group) is 1. The van der Waals surface area contributed by atoms with Gasteiger partial charge in [0, 0.05) is 12.6 Å². The van der Waals surface area contributed by atoms with Gasteiger partial charge in [0.2, 0.25) is 0 Å². The molecule has 2 heterocycles. The van der Waals surface area contributed by atoms with Crippen LogP contribution in [0.1, 0.15) is 31.9 Å². The van der Waals surface area contributed by atoms with Gasteiger partial charge in [-0.1, -0.05) is 0 Å². The number of amides is 3. The van der Waals surface area contributed by atoms with Crippen LogP contribution in [0.2, 0.25) is 0 Å². The predicted octanol–water partition coefficient (Wildman–Crippen LogP) is 4.02. The first-order valence-electron chi connectivity index (χ1n) is 10.1. The second kappa shape index (κ2) is 8.95. The van der Waals surface area contributed by atoms with Gasteiger partial charge in [0.25, 0.3) is 5.91 Å². The van der Waals surface area contributed by atoms with Gasteiger partial charge < -0.3 is 4.74 Å². The SMILES string of the molecule is CN1C(=O)/C(=C/n2cnc(-c3cc(C(F)(F)F)cc(C(F)(F)F)c3)n2)N(CC(=O)OC(C)(C)C)C1=O. The van der Waals surface area contributed by atoms with Crippen LogP contribution in [0, 0.1) is 0 Å². The maximum Gasteiger partial charge on any atom is 0.416 e. The molecular formula is C21H19F6N5O4. The number of aromatic nitrogens is 3. The summed E-state index contributed by atoms with van der Waals surface area (Å²) in [6, 6.07) is 0.0181. The normalized spacial score (nSPS) is 16.3. The van der Waals surface area contributed by atoms with E-state index >= 15 is 0 Å². The number of imide groups is 1. The maximum atomic E-state index is 13.2. The summed E-state index contributed by atoms with van der Waals surface area (Å²) >= 11 is 0. The molecule has 1 aromatic carbocycles. The van der Waals surface area contributed by atoms with Crippen molar-refractivity contribution in [1.82, 2.24) is 24.6 Å². The third-order valence-corrected chi connectivity index (χ3v) is 4.65. The van der Waals surface area contributed by atoms with Crippen molar-refractivity contribution in [1.29, 1.82) is 0 Å². The quantitative estimate of drug-likeness (QED) is 0.262. The number of benzene rings is 1. The van der Waals surface area contributed by atoms with E-state index in [-0.39, 0.29) is 11.8 Å². The van der Waals surface area contributed by atoms with Gasteiger partial charge in [0.15, 0.2) is 5.82 Å². The highest BCUT2D eigenvalue weighted by Crippen LogP contribution is 2.38. The number of carbonyl (C=O) groups excluding carboxylic acids is 3. The van der Waals surface area contributed by atoms with Crippen molar-refractivity contribution in [3.8, 4) is 11.4 Å². The number of esters is 1. The number of nitrogens with zero attached hydrogens (tertiary/aromatic N) is 5. The minimum absolute atomic E-state index is 0.0321. The molecule has 0 N–H and O–H groups in total. The van der Waals surface area contributed by atoms with E-state index in [1.165, 1.54) is 0 Å². The molecule has 2 aromatic rings. The fourth-order valence-electron chi connectivity index (χ4n) is 3.12. The van der Waals surface area contributed by atoms with Crippen molar-refractivity contribution >= 4 is 24.1 Å². The molecule has 9 nitrogen and oxygen atoms in total. The van der Waals surface area contributed by atoms with Crippen LogP contribution in [0.5, 0.6) is 0 Å². The van der Waals surface area contributed by atoms with Crippen LogP contribution in [-0.2, 0) is 26.7 Å². The van der Waals surface area contributed by atoms with Crippen LogP contribution >= 0.6 is 0 Å². The molecule has 1 aliphatic heterocycles. The van der Waals surface area contributed by atoms with E-state index in [2.05, 4.69) is 10.1 Å². The molecule has 1 aromatic heterocycles. The highest BCUT2D eigenvalue weighted by atomic mass is 19.4. The van der Waals surface area contributed by atoms with Crippen LogP contribution in [0.4, 0.5) is 31.1 Å². The van der Waals surface area contributed by atoms with Crippen LogP contribution in [-0.4, -0.2) is 61.7 Å². The summed E-state index contributed by atoms with van der Waals surface area (Å²) in [4.78, 5) is 42.4. The highest BCUT2D eigenvalue weighted by molar-refractivity contribution is 6.13. The van der Waals surface area contributed by atoms with Crippen molar-refractivity contribution < 1.29 is 45.5 Å². The summed E-state index contributed by atoms with van der Waals surface area (Å²) in [6.45, 7) is 4.15. The van der Waals surface area contributed by atoms with E-state index < -0.39 is 64.9 Å². The standard InChI is InChI=1S/C21H19F6N5O4/c1-19(2,3)36-15(33)9-32-14(17(34)30(4)18(32)35)8-31-10-28-16(29-31)11-5-12(20(22,23)24)7-13(6-11)21(25,26)27/h5-8,10H,9H2,1-4H3/b14-8-. The third kappa shape index (κ3) is 5.83. The molecule has 0 spiro atoms. The smallest absolute Gasteiger partial charge is 0.416 e. The largest absolute Gasteiger partial charge is 0.459 e. The number of halogens is 6. The predicted molar refractivity (Wildman–Crippen MR) is 110 cm³/mol. The van der Waals surface area contributed by atoms with Crippen LogP contribution in [0.3, 0.4) is 0 Å². The molecule has 15 heteroatoms. The molecule has 3 rings (SSSR count). The Labute approximate surface area is 199 Å². The molecular weight excluding hydrogens is 500 g/mol. The van der Waals surface area contributed by atoms with Crippen molar-refractivity contribution in [3.63, 3.8) is 0 Å². The molecule has 0 bridgehead atoms. The van der Waals surface area contributed by atoms with Gasteiger partial charge in [0.05, 0.1) is 17.3 Å². The van der Waals surface area contributed by atoms with E-state index in [9.17, 15) is 40.7 Å². The molecule has 0 atom stereocenters. The summed E-state index contributed by atoms with van der Waals surface area (Å²) in [5, 5.41) is 3.82. The summed E-state index contributed by atoms with van der Waals surface area (Å²) in [5.74, 6) is -2.17. The lowest BCUT2D eigenvalue weighted by Gasteiger charge is -2.22. The zero-order valence-corrected chi connectivity index (χ0v) is 19.2. The number of urea groups is 1. The second-order valence-electron chi connectivity index (χ2n) is 8.68. The minimum Gasteiger partial charge on any atom is -0.459 e. The van der Waals surface area contributed by atoms with Gasteiger partial charge in [-0.15, -0.1) is 5.10 Å². The lowest BCUT2D eigenvalue weighted by atomic mass is 10.0. The first-order chi connectivity index (χ1) is 16.4. The van der Waals surface area contributed by atoms with Gasteiger partial charge in [-0.05, 0) is 39.0 Å². The zero-order chi connectivity index (χ0) is 27.2. The lowest BCUT2D eigenvalue weighted by Crippen LogP contribution is -2.36. The molecule has 0 aliphatic carbocycles. The summed E-state index contributed by atoms with van der Waals surface area (Å²) in [7, 11) is 1.15. The third-order valence-electron chi connectivity index (χ3n) is 4.65. The topological polar surface area (TPSA) is 97.6 Å². The molecule has 1 aliphatic rings. The average Bonchev–Trinajstić information content (AvgIpc) is 3.26. The Morgan fingerprint density at radius 3 is 2.06 bits per heavy atom. The first kappa shape index (κ1) is 26.7. The Hall–Kier alpha value is -3.91. The Balaban J connectivity index is 1.99. The highest BCUT2D eigenvalue weighted by Gasteiger charge is 2.41. The Kier molecular flexibility index (Phi) is 6.63. The number of hydrogen-bond donors (Lipinski definition) is 0. The number of alkyl halides is 6. The summed E-state index contributed by atoms with van der Waals surface area (Å²) in [5.41, 5.74) is -4.90. The molecule has 3 amide bonds. The number of hydrogen-bond acceptors (Lipinski definition) is 6. The van der Waals surface area contributed by atoms with Gasteiger partial charge >= 0.3 is 24.4 Å². The minimum atomic E-state index is -5.07. The fraction of sp³-hybridized carbons (Fsp3) is 0.381. The Morgan fingerprint density at radius 2 is 1.56 bits per heavy atom. The Morgan fingerprint density at radius 1 is 1.00 bits per heavy atom. The molecule has 0 saturated carbocycles. The van der Waals surface area contributed by atoms with E-state index in [1.54, 1.807) is 20.8 Å².